The summed E-state index contributed by atoms with van der Waals surface area (Å²) in [7, 11) is 0. The summed E-state index contributed by atoms with van der Waals surface area (Å²) in [6.07, 6.45) is -0.0901. The van der Waals surface area contributed by atoms with Crippen molar-refractivity contribution in [2.75, 3.05) is 10.0 Å². The minimum Gasteiger partial charge on any atom is -0.478 e. The molecule has 2 aromatic carbocycles. The van der Waals surface area contributed by atoms with Crippen LogP contribution in [0.15, 0.2) is 70.4 Å². The lowest BCUT2D eigenvalue weighted by Crippen LogP contribution is -2.27. The van der Waals surface area contributed by atoms with Gasteiger partial charge in [0, 0.05) is 5.56 Å². The van der Waals surface area contributed by atoms with E-state index in [0.29, 0.717) is 22.8 Å². The van der Waals surface area contributed by atoms with Gasteiger partial charge in [-0.15, -0.1) is 0 Å². The second-order valence-corrected chi connectivity index (χ2v) is 7.57. The summed E-state index contributed by atoms with van der Waals surface area (Å²) >= 11 is 0. The number of hydrogen-bond donors (Lipinski definition) is 3. The van der Waals surface area contributed by atoms with E-state index < -0.39 is 24.1 Å². The van der Waals surface area contributed by atoms with Gasteiger partial charge in [-0.25, -0.2) is 4.79 Å². The third-order valence-electron chi connectivity index (χ3n) is 5.37. The van der Waals surface area contributed by atoms with Gasteiger partial charge in [0.2, 0.25) is 0 Å². The molecule has 0 aromatic heterocycles. The molecule has 0 spiro atoms. The predicted octanol–water partition coefficient (Wildman–Crippen LogP) is 2.06. The van der Waals surface area contributed by atoms with Crippen molar-refractivity contribution in [3.8, 4) is 0 Å². The Morgan fingerprint density at radius 1 is 0.939 bits per heavy atom. The van der Waals surface area contributed by atoms with Gasteiger partial charge in [0.15, 0.2) is 6.29 Å². The highest BCUT2D eigenvalue weighted by Crippen LogP contribution is 2.29. The van der Waals surface area contributed by atoms with Crippen LogP contribution in [0.5, 0.6) is 0 Å². The number of rotatable bonds is 5. The Morgan fingerprint density at radius 2 is 1.52 bits per heavy atom. The fourth-order valence-electron chi connectivity index (χ4n) is 3.54. The molecule has 10 nitrogen and oxygen atoms in total. The topological polar surface area (TPSA) is 143 Å². The van der Waals surface area contributed by atoms with Gasteiger partial charge in [0.1, 0.15) is 0 Å². The first-order chi connectivity index (χ1) is 15.7. The fraction of sp³-hybridized carbons (Fsp3) is 0.174. The van der Waals surface area contributed by atoms with Crippen LogP contribution in [-0.2, 0) is 9.59 Å². The smallest absolute Gasteiger partial charge is 0.335 e. The van der Waals surface area contributed by atoms with Gasteiger partial charge >= 0.3 is 5.97 Å². The number of nitrogens with zero attached hydrogens (tertiary/aromatic N) is 4. The summed E-state index contributed by atoms with van der Waals surface area (Å²) in [6.45, 7) is 3.33. The zero-order valence-corrected chi connectivity index (χ0v) is 17.7. The van der Waals surface area contributed by atoms with Crippen LogP contribution in [0.25, 0.3) is 0 Å². The zero-order chi connectivity index (χ0) is 23.9. The van der Waals surface area contributed by atoms with Gasteiger partial charge in [-0.2, -0.15) is 20.2 Å². The Bertz CT molecular complexity index is 1230. The van der Waals surface area contributed by atoms with Crippen LogP contribution in [0, 0.1) is 5.92 Å². The van der Waals surface area contributed by atoms with E-state index in [1.54, 1.807) is 26.0 Å². The molecule has 2 aliphatic heterocycles. The summed E-state index contributed by atoms with van der Waals surface area (Å²) in [6, 6.07) is 11.8. The Labute approximate surface area is 188 Å². The lowest BCUT2D eigenvalue weighted by Gasteiger charge is -2.14. The highest BCUT2D eigenvalue weighted by Gasteiger charge is 2.36. The van der Waals surface area contributed by atoms with Gasteiger partial charge in [0.25, 0.3) is 11.8 Å². The molecule has 0 aliphatic carbocycles. The summed E-state index contributed by atoms with van der Waals surface area (Å²) in [5.74, 6) is -2.64. The first-order valence-electron chi connectivity index (χ1n) is 9.97. The molecule has 2 aliphatic rings. The summed E-state index contributed by atoms with van der Waals surface area (Å²) in [5, 5.41) is 38.4. The average Bonchev–Trinajstić information content (AvgIpc) is 3.24. The minimum atomic E-state index is -1.62. The zero-order valence-electron chi connectivity index (χ0n) is 17.7. The molecule has 0 radical (unpaired) electrons. The lowest BCUT2D eigenvalue weighted by atomic mass is 9.98. The van der Waals surface area contributed by atoms with Crippen molar-refractivity contribution in [2.45, 2.75) is 20.1 Å². The number of carbonyl (C=O) groups excluding carboxylic acids is 2. The van der Waals surface area contributed by atoms with Crippen molar-refractivity contribution in [3.63, 3.8) is 0 Å². The quantitative estimate of drug-likeness (QED) is 0.472. The Balaban J connectivity index is 1.57. The molecular formula is C23H20N4O6. The molecule has 2 aromatic rings. The molecule has 3 N–H and O–H groups in total. The average molecular weight is 448 g/mol. The number of aliphatic hydroxyl groups excluding tert-OH is 1. The van der Waals surface area contributed by atoms with Crippen LogP contribution >= 0.6 is 0 Å². The number of carboxylic acid groups (broad SMARTS) is 1. The molecule has 0 saturated carbocycles. The molecular weight excluding hydrogens is 428 g/mol. The largest absolute Gasteiger partial charge is 0.478 e. The molecule has 33 heavy (non-hydrogen) atoms. The number of aromatic carboxylic acids is 1. The monoisotopic (exact) mass is 448 g/mol. The maximum atomic E-state index is 13.0. The van der Waals surface area contributed by atoms with E-state index in [9.17, 15) is 24.6 Å². The molecule has 2 amide bonds. The first kappa shape index (κ1) is 22.1. The van der Waals surface area contributed by atoms with Crippen molar-refractivity contribution in [2.24, 2.45) is 16.1 Å². The highest BCUT2D eigenvalue weighted by molar-refractivity contribution is 6.30. The third kappa shape index (κ3) is 4.04. The second kappa shape index (κ2) is 8.41. The molecule has 2 heterocycles. The Kier molecular flexibility index (Phi) is 5.62. The molecule has 0 saturated heterocycles. The fourth-order valence-corrected chi connectivity index (χ4v) is 3.54. The molecule has 1 atom stereocenters. The molecule has 0 bridgehead atoms. The summed E-state index contributed by atoms with van der Waals surface area (Å²) < 4.78 is 0. The third-order valence-corrected chi connectivity index (χ3v) is 5.37. The lowest BCUT2D eigenvalue weighted by molar-refractivity contribution is -0.118. The number of amides is 2. The molecule has 0 fully saturated rings. The van der Waals surface area contributed by atoms with Gasteiger partial charge in [-0.3, -0.25) is 9.59 Å². The van der Waals surface area contributed by atoms with Gasteiger partial charge < -0.3 is 15.3 Å². The van der Waals surface area contributed by atoms with E-state index in [-0.39, 0.29) is 22.6 Å². The van der Waals surface area contributed by atoms with E-state index in [4.69, 9.17) is 5.11 Å². The molecule has 1 unspecified atom stereocenters. The maximum Gasteiger partial charge on any atom is 0.335 e. The van der Waals surface area contributed by atoms with Crippen molar-refractivity contribution in [3.05, 3.63) is 71.3 Å². The number of benzene rings is 2. The standard InChI is InChI=1S/C23H20N4O6/c1-12-18(20(28)26(24-12)16-7-3-14(4-8-16)22(30)31)11-19-13(2)25-27(21(19)29)17-9-5-15(6-10-17)23(32)33/h3-11,18,23,32-33H,1-2H3,(H,30,31). The number of hydrogen-bond acceptors (Lipinski definition) is 7. The molecule has 10 heteroatoms. The highest BCUT2D eigenvalue weighted by atomic mass is 16.5. The summed E-state index contributed by atoms with van der Waals surface area (Å²) in [4.78, 5) is 37.1. The Hall–Kier alpha value is -4.15. The Morgan fingerprint density at radius 3 is 2.09 bits per heavy atom. The van der Waals surface area contributed by atoms with E-state index >= 15 is 0 Å². The predicted molar refractivity (Wildman–Crippen MR) is 120 cm³/mol. The van der Waals surface area contributed by atoms with Crippen LogP contribution in [0.2, 0.25) is 0 Å². The first-order valence-corrected chi connectivity index (χ1v) is 9.97. The van der Waals surface area contributed by atoms with Crippen LogP contribution < -0.4 is 10.0 Å². The minimum absolute atomic E-state index is 0.0924. The van der Waals surface area contributed by atoms with E-state index in [1.807, 2.05) is 0 Å². The van der Waals surface area contributed by atoms with Crippen LogP contribution in [0.4, 0.5) is 11.4 Å². The number of aliphatic hydroxyl groups is 2. The van der Waals surface area contributed by atoms with Crippen molar-refractivity contribution in [1.82, 2.24) is 0 Å². The van der Waals surface area contributed by atoms with Crippen LogP contribution in [0.3, 0.4) is 0 Å². The molecule has 4 rings (SSSR count). The number of carbonyl (C=O) groups is 3. The van der Waals surface area contributed by atoms with Crippen LogP contribution in [-0.4, -0.2) is 44.5 Å². The SMILES string of the molecule is CC1=NN(c2ccc(C(O)O)cc2)C(=O)C1=CC1C(=O)N(c2ccc(C(=O)O)cc2)N=C1C. The summed E-state index contributed by atoms with van der Waals surface area (Å²) in [5.41, 5.74) is 2.40. The van der Waals surface area contributed by atoms with Crippen molar-refractivity contribution in [1.29, 1.82) is 0 Å². The maximum absolute atomic E-state index is 13.0. The van der Waals surface area contributed by atoms with E-state index in [1.165, 1.54) is 52.5 Å². The number of anilines is 2. The number of hydrazone groups is 2. The van der Waals surface area contributed by atoms with E-state index in [2.05, 4.69) is 10.2 Å². The van der Waals surface area contributed by atoms with Gasteiger partial charge in [0.05, 0.1) is 39.9 Å². The second-order valence-electron chi connectivity index (χ2n) is 7.57. The number of carboxylic acids is 1. The molecule has 168 valence electrons. The van der Waals surface area contributed by atoms with Crippen molar-refractivity contribution < 1.29 is 29.7 Å². The van der Waals surface area contributed by atoms with Crippen molar-refractivity contribution >= 4 is 40.6 Å². The van der Waals surface area contributed by atoms with Gasteiger partial charge in [-0.05, 0) is 50.2 Å². The van der Waals surface area contributed by atoms with Gasteiger partial charge in [-0.1, -0.05) is 18.2 Å². The normalized spacial score (nSPS) is 19.5. The van der Waals surface area contributed by atoms with Crippen LogP contribution in [0.1, 0.15) is 36.1 Å². The van der Waals surface area contributed by atoms with E-state index in [0.717, 1.165) is 0 Å².